The van der Waals surface area contributed by atoms with Crippen molar-refractivity contribution < 1.29 is 19.6 Å². The minimum absolute atomic E-state index is 0.147. The Morgan fingerprint density at radius 1 is 0.957 bits per heavy atom. The average Bonchev–Trinajstić information content (AvgIpc) is 3.87. The number of anilines is 2. The number of hydrogen-bond acceptors (Lipinski definition) is 11. The second-order valence-electron chi connectivity index (χ2n) is 9.67. The highest BCUT2D eigenvalue weighted by Gasteiger charge is 2.35. The summed E-state index contributed by atoms with van der Waals surface area (Å²) in [4.78, 5) is 46.2. The lowest BCUT2D eigenvalue weighted by atomic mass is 10.1. The fourth-order valence-electron chi connectivity index (χ4n) is 4.32. The zero-order valence-electron chi connectivity index (χ0n) is 23.8. The highest BCUT2D eigenvalue weighted by molar-refractivity contribution is 7.14. The Morgan fingerprint density at radius 3 is 2.46 bits per heavy atom. The molecule has 0 unspecified atom stereocenters. The Hall–Kier alpha value is -5.83. The van der Waals surface area contributed by atoms with Gasteiger partial charge < -0.3 is 5.32 Å². The van der Waals surface area contributed by atoms with Crippen molar-refractivity contribution in [3.05, 3.63) is 124 Å². The van der Waals surface area contributed by atoms with E-state index in [4.69, 9.17) is 5.21 Å². The quantitative estimate of drug-likeness (QED) is 0.0948. The van der Waals surface area contributed by atoms with Crippen LogP contribution in [0.4, 0.5) is 10.3 Å². The van der Waals surface area contributed by atoms with Crippen molar-refractivity contribution in [1.29, 1.82) is 0 Å². The molecule has 3 aromatic carbocycles. The number of hydrogen-bond donors (Lipinski definition) is 4. The molecule has 46 heavy (non-hydrogen) atoms. The molecule has 0 fully saturated rings. The predicted octanol–water partition coefficient (Wildman–Crippen LogP) is 4.93. The maximum absolute atomic E-state index is 13.5. The second-order valence-corrected chi connectivity index (χ2v) is 11.4. The smallest absolute Gasteiger partial charge is 0.303 e. The van der Waals surface area contributed by atoms with Crippen molar-refractivity contribution >= 4 is 68.2 Å². The van der Waals surface area contributed by atoms with Crippen LogP contribution in [-0.4, -0.2) is 44.3 Å². The zero-order valence-corrected chi connectivity index (χ0v) is 25.5. The topological polar surface area (TPSA) is 161 Å². The molecular formula is C32H24N8O4S2. The monoisotopic (exact) mass is 648 g/mol. The van der Waals surface area contributed by atoms with E-state index in [-0.39, 0.29) is 11.6 Å². The van der Waals surface area contributed by atoms with Crippen LogP contribution in [-0.2, 0) is 16.1 Å². The fraction of sp³-hybridized carbons (Fsp3) is 0.0312. The molecule has 1 aliphatic heterocycles. The van der Waals surface area contributed by atoms with Gasteiger partial charge in [-0.3, -0.25) is 25.0 Å². The van der Waals surface area contributed by atoms with E-state index in [1.165, 1.54) is 39.2 Å². The first-order valence-electron chi connectivity index (χ1n) is 13.8. The molecule has 3 amide bonds. The van der Waals surface area contributed by atoms with E-state index in [1.54, 1.807) is 54.1 Å². The molecule has 0 spiro atoms. The van der Waals surface area contributed by atoms with Crippen molar-refractivity contribution in [2.75, 3.05) is 10.4 Å². The van der Waals surface area contributed by atoms with E-state index >= 15 is 0 Å². The molecule has 6 rings (SSSR count). The summed E-state index contributed by atoms with van der Waals surface area (Å²) in [6.07, 6.45) is 4.42. The highest BCUT2D eigenvalue weighted by Crippen LogP contribution is 2.30. The summed E-state index contributed by atoms with van der Waals surface area (Å²) in [5.41, 5.74) is 9.22. The minimum atomic E-state index is -0.619. The number of carbonyl (C=O) groups is 3. The van der Waals surface area contributed by atoms with Crippen molar-refractivity contribution in [2.45, 2.75) is 6.54 Å². The zero-order chi connectivity index (χ0) is 31.9. The molecule has 1 aliphatic rings. The summed E-state index contributed by atoms with van der Waals surface area (Å²) in [7, 11) is 0. The van der Waals surface area contributed by atoms with Gasteiger partial charge in [0.25, 0.3) is 11.8 Å². The summed E-state index contributed by atoms with van der Waals surface area (Å²) < 4.78 is 0. The number of carbonyl (C=O) groups excluding carboxylic acids is 3. The maximum Gasteiger partial charge on any atom is 0.303 e. The van der Waals surface area contributed by atoms with Crippen LogP contribution in [0.5, 0.6) is 0 Å². The van der Waals surface area contributed by atoms with Gasteiger partial charge in [0.05, 0.1) is 5.69 Å². The summed E-state index contributed by atoms with van der Waals surface area (Å²) in [6, 6.07) is 23.6. The molecule has 0 bridgehead atoms. The molecule has 2 aromatic heterocycles. The lowest BCUT2D eigenvalue weighted by molar-refractivity contribution is -0.124. The Bertz CT molecular complexity index is 1950. The number of amides is 3. The van der Waals surface area contributed by atoms with Crippen molar-refractivity contribution in [3.63, 3.8) is 0 Å². The Labute approximate surface area is 270 Å². The fourth-order valence-corrected chi connectivity index (χ4v) is 5.58. The summed E-state index contributed by atoms with van der Waals surface area (Å²) >= 11 is 2.63. The number of hydroxylamine groups is 1. The third kappa shape index (κ3) is 6.94. The second kappa shape index (κ2) is 13.9. The molecule has 0 saturated heterocycles. The molecule has 0 saturated carbocycles. The highest BCUT2D eigenvalue weighted by atomic mass is 32.1. The minimum Gasteiger partial charge on any atom is -0.348 e. The van der Waals surface area contributed by atoms with E-state index < -0.39 is 11.8 Å². The van der Waals surface area contributed by atoms with Gasteiger partial charge in [-0.15, -0.1) is 22.7 Å². The molecule has 5 aromatic rings. The standard InChI is InChI=1S/C32H24N8O4S2/c41-26(39-44)15-10-20-6-8-21(9-7-20)18-34-29(42)24-13-11-22(12-14-24)25-19-46-32(35-25)40-30(43)28(36-37-31-33-16-17-45-31)27(38-40)23-4-2-1-3-5-23/h1-17,19,44H,18H2,(H,33,37)(H,34,42)(H,39,41)/b15-10+,36-28-. The van der Waals surface area contributed by atoms with E-state index in [0.717, 1.165) is 22.3 Å². The van der Waals surface area contributed by atoms with Gasteiger partial charge in [0.2, 0.25) is 10.3 Å². The average molecular weight is 649 g/mol. The lowest BCUT2D eigenvalue weighted by Crippen LogP contribution is -2.28. The molecule has 0 aliphatic carbocycles. The first-order chi connectivity index (χ1) is 22.5. The van der Waals surface area contributed by atoms with Gasteiger partial charge in [-0.05, 0) is 29.3 Å². The third-order valence-corrected chi connectivity index (χ3v) is 8.14. The summed E-state index contributed by atoms with van der Waals surface area (Å²) in [5.74, 6) is -1.28. The molecule has 228 valence electrons. The summed E-state index contributed by atoms with van der Waals surface area (Å²) in [6.45, 7) is 0.317. The molecule has 14 heteroatoms. The number of hydrazone groups is 2. The molecule has 3 heterocycles. The Morgan fingerprint density at radius 2 is 1.74 bits per heavy atom. The van der Waals surface area contributed by atoms with Crippen LogP contribution in [0.25, 0.3) is 17.3 Å². The number of rotatable bonds is 10. The maximum atomic E-state index is 13.5. The number of benzene rings is 3. The van der Waals surface area contributed by atoms with Gasteiger partial charge in [-0.2, -0.15) is 15.2 Å². The van der Waals surface area contributed by atoms with Crippen LogP contribution >= 0.6 is 22.7 Å². The normalized spacial score (nSPS) is 13.7. The van der Waals surface area contributed by atoms with Gasteiger partial charge in [-0.25, -0.2) is 15.4 Å². The number of aromatic nitrogens is 2. The molecule has 0 radical (unpaired) electrons. The van der Waals surface area contributed by atoms with Crippen LogP contribution in [0.2, 0.25) is 0 Å². The number of thiazole rings is 2. The van der Waals surface area contributed by atoms with E-state index in [0.29, 0.717) is 33.8 Å². The first-order valence-corrected chi connectivity index (χ1v) is 15.5. The van der Waals surface area contributed by atoms with Gasteiger partial charge in [0.15, 0.2) is 5.71 Å². The van der Waals surface area contributed by atoms with Gasteiger partial charge in [-0.1, -0.05) is 66.7 Å². The van der Waals surface area contributed by atoms with Crippen LogP contribution in [0.15, 0.2) is 112 Å². The van der Waals surface area contributed by atoms with Gasteiger partial charge in [0, 0.05) is 46.3 Å². The molecular weight excluding hydrogens is 625 g/mol. The number of nitrogens with one attached hydrogen (secondary N) is 3. The SMILES string of the molecule is O=C(/C=C/c1ccc(CNC(=O)c2ccc(-c3csc(N4N=C(c5ccccc5)/C(=N/Nc5nccs5)C4=O)n3)cc2)cc1)NO. The van der Waals surface area contributed by atoms with Crippen LogP contribution in [0.3, 0.4) is 0 Å². The van der Waals surface area contributed by atoms with E-state index in [9.17, 15) is 14.4 Å². The largest absolute Gasteiger partial charge is 0.348 e. The summed E-state index contributed by atoms with van der Waals surface area (Å²) in [5, 5.41) is 26.2. The van der Waals surface area contributed by atoms with Crippen molar-refractivity contribution in [2.24, 2.45) is 10.2 Å². The Kier molecular flexibility index (Phi) is 9.10. The van der Waals surface area contributed by atoms with Crippen molar-refractivity contribution in [3.8, 4) is 11.3 Å². The molecule has 4 N–H and O–H groups in total. The third-order valence-electron chi connectivity index (χ3n) is 6.65. The van der Waals surface area contributed by atoms with Crippen LogP contribution < -0.4 is 21.2 Å². The lowest BCUT2D eigenvalue weighted by Gasteiger charge is -2.07. The molecule has 0 atom stereocenters. The van der Waals surface area contributed by atoms with Crippen molar-refractivity contribution in [1.82, 2.24) is 20.8 Å². The van der Waals surface area contributed by atoms with E-state index in [1.807, 2.05) is 47.8 Å². The predicted molar refractivity (Wildman–Crippen MR) is 178 cm³/mol. The van der Waals surface area contributed by atoms with Crippen LogP contribution in [0.1, 0.15) is 27.0 Å². The van der Waals surface area contributed by atoms with Gasteiger partial charge in [0.1, 0.15) is 5.71 Å². The van der Waals surface area contributed by atoms with E-state index in [2.05, 4.69) is 30.9 Å². The molecule has 12 nitrogen and oxygen atoms in total. The number of nitrogens with zero attached hydrogens (tertiary/aromatic N) is 5. The van der Waals surface area contributed by atoms with Gasteiger partial charge >= 0.3 is 5.91 Å². The Balaban J connectivity index is 1.12. The van der Waals surface area contributed by atoms with Crippen LogP contribution in [0, 0.1) is 0 Å². The first kappa shape index (κ1) is 30.2.